The summed E-state index contributed by atoms with van der Waals surface area (Å²) >= 11 is -9.26. The largest absolute Gasteiger partial charge is 0.456 e. The molecule has 0 aliphatic rings. The predicted octanol–water partition coefficient (Wildman–Crippen LogP) is 7.00. The molecular weight excluding hydrogens is 558 g/mol. The van der Waals surface area contributed by atoms with Crippen LogP contribution in [-0.2, 0) is 0 Å². The Morgan fingerprint density at radius 2 is 0.690 bits per heavy atom. The molecule has 0 amide bonds. The van der Waals surface area contributed by atoms with Gasteiger partial charge in [-0.15, -0.1) is 0 Å². The maximum atomic E-state index is 12.5. The fourth-order valence-electron chi connectivity index (χ4n) is 0.928. The minimum absolute atomic E-state index is 0.710. The highest BCUT2D eigenvalue weighted by Crippen LogP contribution is 2.50. The lowest BCUT2D eigenvalue weighted by atomic mass is 10.0. The molecule has 0 bridgehead atoms. The number of hydrogen-bond donors (Lipinski definition) is 1. The third-order valence-electron chi connectivity index (χ3n) is 1.45. The molecule has 0 aliphatic carbocycles. The van der Waals surface area contributed by atoms with Crippen LogP contribution >= 0.6 is 59.7 Å². The maximum Gasteiger partial charge on any atom is 0.456 e. The van der Waals surface area contributed by atoms with Crippen LogP contribution in [0, 0.1) is 0 Å². The molecule has 0 atom stereocenters. The van der Waals surface area contributed by atoms with E-state index in [0.717, 1.165) is 0 Å². The molecule has 0 unspecified atom stereocenters. The molecule has 0 aromatic heterocycles. The Morgan fingerprint density at radius 3 is 0.862 bits per heavy atom. The number of rotatable bonds is 8. The summed E-state index contributed by atoms with van der Waals surface area (Å²) in [5.74, 6) is 0. The van der Waals surface area contributed by atoms with Gasteiger partial charge in [0, 0.05) is 59.7 Å². The van der Waals surface area contributed by atoms with Crippen molar-refractivity contribution >= 4 is 66.9 Å². The summed E-state index contributed by atoms with van der Waals surface area (Å²) < 4.78 is 184. The highest BCUT2D eigenvalue weighted by molar-refractivity contribution is 8.17. The van der Waals surface area contributed by atoms with E-state index in [1.807, 2.05) is 0 Å². The second-order valence-electron chi connectivity index (χ2n) is 3.76. The van der Waals surface area contributed by atoms with Crippen LogP contribution in [0.15, 0.2) is 0 Å². The highest BCUT2D eigenvalue weighted by atomic mass is 32.2. The lowest BCUT2D eigenvalue weighted by Gasteiger charge is -2.33. The van der Waals surface area contributed by atoms with E-state index >= 15 is 0 Å². The highest BCUT2D eigenvalue weighted by Gasteiger charge is 2.53. The van der Waals surface area contributed by atoms with Gasteiger partial charge in [0.15, 0.2) is 0 Å². The summed E-state index contributed by atoms with van der Waals surface area (Å²) in [5.41, 5.74) is -28.4. The van der Waals surface area contributed by atoms with E-state index in [1.54, 1.807) is 0 Å². The summed E-state index contributed by atoms with van der Waals surface area (Å²) in [5, 5.41) is 0. The van der Waals surface area contributed by atoms with Gasteiger partial charge in [0.1, 0.15) is 0 Å². The summed E-state index contributed by atoms with van der Waals surface area (Å²) in [6.45, 7) is 0. The van der Waals surface area contributed by atoms with Gasteiger partial charge in [0.05, 0.1) is 0 Å². The molecule has 24 heteroatoms. The molecule has 0 heterocycles. The van der Waals surface area contributed by atoms with E-state index in [4.69, 9.17) is 0 Å². The van der Waals surface area contributed by atoms with Gasteiger partial charge >= 0.3 is 34.7 Å². The molecule has 0 fully saturated rings. The predicted molar refractivity (Wildman–Crippen MR) is 80.8 cm³/mol. The molecule has 0 rings (SSSR count). The van der Waals surface area contributed by atoms with Crippen molar-refractivity contribution in [2.75, 3.05) is 0 Å². The van der Waals surface area contributed by atoms with Crippen molar-refractivity contribution in [3.8, 4) is 0 Å². The zero-order valence-electron chi connectivity index (χ0n) is 12.2. The smallest absolute Gasteiger partial charge is 0.263 e. The topological polar surface area (TPSA) is 18.5 Å². The zero-order chi connectivity index (χ0) is 23.5. The third kappa shape index (κ3) is 16.9. The van der Waals surface area contributed by atoms with Crippen molar-refractivity contribution in [2.45, 2.75) is 27.5 Å². The summed E-state index contributed by atoms with van der Waals surface area (Å²) in [6.07, 6.45) is 0. The molecule has 0 radical (unpaired) electrons. The molecule has 0 aromatic carbocycles. The van der Waals surface area contributed by atoms with Crippen LogP contribution in [0.3, 0.4) is 0 Å². The van der Waals surface area contributed by atoms with Crippen LogP contribution in [0.1, 0.15) is 0 Å². The quantitative estimate of drug-likeness (QED) is 0.192. The van der Waals surface area contributed by atoms with Crippen molar-refractivity contribution in [3.63, 3.8) is 0 Å². The first kappa shape index (κ1) is 29.6. The molecule has 3 nitrogen and oxygen atoms in total. The van der Waals surface area contributed by atoms with Gasteiger partial charge in [0.25, 0.3) is 0 Å². The first-order valence-corrected chi connectivity index (χ1v) is 9.50. The lowest BCUT2D eigenvalue weighted by Crippen LogP contribution is -2.53. The van der Waals surface area contributed by atoms with E-state index in [0.29, 0.717) is 4.63 Å². The van der Waals surface area contributed by atoms with Crippen LogP contribution in [-0.4, -0.2) is 41.9 Å². The van der Waals surface area contributed by atoms with E-state index < -0.39 is 102 Å². The molecule has 0 aromatic rings. The van der Waals surface area contributed by atoms with Crippen LogP contribution in [0.4, 0.5) is 65.9 Å². The lowest BCUT2D eigenvalue weighted by molar-refractivity contribution is -0.0377. The van der Waals surface area contributed by atoms with Gasteiger partial charge in [0.2, 0.25) is 0 Å². The maximum absolute atomic E-state index is 12.5. The fourth-order valence-corrected chi connectivity index (χ4v) is 5.00. The van der Waals surface area contributed by atoms with Crippen molar-refractivity contribution in [2.24, 2.45) is 0 Å². The van der Waals surface area contributed by atoms with Gasteiger partial charge < -0.3 is 0 Å². The Hall–Kier alpha value is 0.645. The summed E-state index contributed by atoms with van der Waals surface area (Å²) in [6, 6.07) is 0. The average Bonchev–Trinajstić information content (AvgIpc) is 2.28. The van der Waals surface area contributed by atoms with Crippen LogP contribution in [0.2, 0.25) is 0 Å². The number of nitrogens with one attached hydrogen (secondary N) is 1. The Labute approximate surface area is 172 Å². The molecule has 0 spiro atoms. The van der Waals surface area contributed by atoms with E-state index in [2.05, 4.69) is 0 Å². The molecule has 29 heavy (non-hydrogen) atoms. The molecular formula is C5HBF15N3S5. The standard InChI is InChI=1S/C5HBF15N3S5/c7-1(8,9)25-22-6(23(26-2(10,11)12)27-3(13,14)15)24(28-4(16,17)18)29-5(19,20)21/h22H. The molecule has 0 aliphatic heterocycles. The Balaban J connectivity index is 6.14. The second kappa shape index (κ2) is 10.5. The van der Waals surface area contributed by atoms with Crippen molar-refractivity contribution < 1.29 is 65.9 Å². The molecule has 174 valence electrons. The molecule has 0 saturated carbocycles. The van der Waals surface area contributed by atoms with E-state index in [-0.39, 0.29) is 0 Å². The van der Waals surface area contributed by atoms with Crippen molar-refractivity contribution in [1.82, 2.24) is 11.9 Å². The Bertz CT molecular complexity index is 433. The number of hydrogen-bond acceptors (Lipinski definition) is 8. The van der Waals surface area contributed by atoms with Crippen LogP contribution < -0.4 is 4.63 Å². The van der Waals surface area contributed by atoms with Gasteiger partial charge in [-0.25, -0.2) is 0 Å². The molecule has 0 saturated heterocycles. The fraction of sp³-hybridized carbons (Fsp3) is 1.00. The van der Waals surface area contributed by atoms with Crippen LogP contribution in [0.25, 0.3) is 0 Å². The van der Waals surface area contributed by atoms with Gasteiger partial charge in [-0.2, -0.15) is 73.1 Å². The first-order valence-electron chi connectivity index (χ1n) is 5.59. The normalized spacial score (nSPS) is 14.8. The number of halogens is 15. The van der Waals surface area contributed by atoms with E-state index in [1.165, 1.54) is 0 Å². The average molecular weight is 559 g/mol. The molecule has 1 N–H and O–H groups in total. The van der Waals surface area contributed by atoms with Gasteiger partial charge in [-0.05, 0) is 0 Å². The first-order chi connectivity index (χ1) is 12.5. The monoisotopic (exact) mass is 559 g/mol. The van der Waals surface area contributed by atoms with Crippen LogP contribution in [0.5, 0.6) is 0 Å². The zero-order valence-corrected chi connectivity index (χ0v) is 16.3. The van der Waals surface area contributed by atoms with E-state index in [9.17, 15) is 65.9 Å². The van der Waals surface area contributed by atoms with Crippen molar-refractivity contribution in [1.29, 1.82) is 0 Å². The summed E-state index contributed by atoms with van der Waals surface area (Å²) in [7, 11) is -3.54. The Morgan fingerprint density at radius 1 is 0.448 bits per heavy atom. The third-order valence-corrected chi connectivity index (χ3v) is 5.25. The minimum atomic E-state index is -5.72. The minimum Gasteiger partial charge on any atom is -0.263 e. The summed E-state index contributed by atoms with van der Waals surface area (Å²) in [4.78, 5) is 0. The SMILES string of the molecule is FC(F)(F)SNB(N(SC(F)(F)F)SC(F)(F)F)N(SC(F)(F)F)SC(F)(F)F. The van der Waals surface area contributed by atoms with Gasteiger partial charge in [-0.3, -0.25) is 4.63 Å². The number of nitrogens with zero attached hydrogens (tertiary/aromatic N) is 2. The Kier molecular flexibility index (Phi) is 10.7. The number of alkyl halides is 15. The van der Waals surface area contributed by atoms with Crippen molar-refractivity contribution in [3.05, 3.63) is 0 Å². The van der Waals surface area contributed by atoms with Gasteiger partial charge in [-0.1, -0.05) is 0 Å². The second-order valence-corrected chi connectivity index (χ2v) is 9.28.